The van der Waals surface area contributed by atoms with Gasteiger partial charge in [0.1, 0.15) is 29.5 Å². The van der Waals surface area contributed by atoms with E-state index in [-0.39, 0.29) is 48.1 Å². The Morgan fingerprint density at radius 1 is 1.30 bits per heavy atom. The Morgan fingerprint density at radius 3 is 2.60 bits per heavy atom. The van der Waals surface area contributed by atoms with Gasteiger partial charge in [0.15, 0.2) is 0 Å². The van der Waals surface area contributed by atoms with E-state index in [9.17, 15) is 19.8 Å². The number of aromatic amines is 1. The van der Waals surface area contributed by atoms with Crippen LogP contribution in [0, 0.1) is 0 Å². The van der Waals surface area contributed by atoms with E-state index in [0.29, 0.717) is 35.6 Å². The maximum atomic E-state index is 13.1. The fraction of sp³-hybridized carbons (Fsp3) is 0.500. The van der Waals surface area contributed by atoms with Gasteiger partial charge in [-0.2, -0.15) is 0 Å². The van der Waals surface area contributed by atoms with Crippen LogP contribution in [0.1, 0.15) is 70.1 Å². The zero-order valence-corrected chi connectivity index (χ0v) is 24.3. The van der Waals surface area contributed by atoms with Crippen LogP contribution in [0.15, 0.2) is 36.1 Å². The number of ether oxygens (including phenoxy) is 2. The predicted octanol–water partition coefficient (Wildman–Crippen LogP) is 4.06. The van der Waals surface area contributed by atoms with Gasteiger partial charge in [0.25, 0.3) is 5.91 Å². The molecule has 2 amide bonds. The molecule has 1 aromatic carbocycles. The largest absolute Gasteiger partial charge is 0.507 e. The van der Waals surface area contributed by atoms with Crippen molar-refractivity contribution in [1.82, 2.24) is 20.2 Å². The van der Waals surface area contributed by atoms with Gasteiger partial charge < -0.3 is 34.9 Å². The molecule has 1 aliphatic carbocycles. The van der Waals surface area contributed by atoms with Gasteiger partial charge in [-0.15, -0.1) is 0 Å². The topological polar surface area (TPSA) is 137 Å². The number of allylic oxidation sites excluding steroid dienone is 1. The third kappa shape index (κ3) is 8.19. The molecule has 1 saturated carbocycles. The van der Waals surface area contributed by atoms with Crippen LogP contribution >= 0.6 is 0 Å². The van der Waals surface area contributed by atoms with Crippen molar-refractivity contribution in [3.05, 3.63) is 47.4 Å². The number of H-pyrrole nitrogens is 1. The number of aliphatic hydroxyl groups excluding tert-OH is 1. The highest BCUT2D eigenvalue weighted by atomic mass is 16.5. The van der Waals surface area contributed by atoms with Gasteiger partial charge in [0.05, 0.1) is 37.3 Å². The highest BCUT2D eigenvalue weighted by Gasteiger charge is 2.28. The first-order chi connectivity index (χ1) is 19.0. The van der Waals surface area contributed by atoms with Crippen LogP contribution in [0.4, 0.5) is 0 Å². The Labute approximate surface area is 236 Å². The Kier molecular flexibility index (Phi) is 10.5. The van der Waals surface area contributed by atoms with E-state index in [1.165, 1.54) is 13.2 Å². The third-order valence-corrected chi connectivity index (χ3v) is 6.36. The predicted molar refractivity (Wildman–Crippen MR) is 154 cm³/mol. The van der Waals surface area contributed by atoms with Crippen LogP contribution in [-0.2, 0) is 9.53 Å². The molecule has 218 valence electrons. The summed E-state index contributed by atoms with van der Waals surface area (Å²) in [6, 6.07) is 2.70. The minimum absolute atomic E-state index is 0.0893. The molecule has 1 aromatic heterocycles. The van der Waals surface area contributed by atoms with Crippen molar-refractivity contribution in [1.29, 1.82) is 0 Å². The molecule has 10 nitrogen and oxygen atoms in total. The molecule has 0 saturated heterocycles. The standard InChI is InChI=1S/C30H42N4O6/c1-7-9-19(23(17-35)34(12-8-2)27(37)18-40-30(3,4)5)15-26-31-16-22(33-26)20-13-24(36)28(25(14-20)39-6)29(38)32-21-10-11-21/h7,9,13-16,21,23,35-36H,8,10-12,17-18H2,1-6H3,(H,31,33)(H,32,38)/b9-7-,19-15+. The summed E-state index contributed by atoms with van der Waals surface area (Å²) < 4.78 is 11.1. The van der Waals surface area contributed by atoms with Gasteiger partial charge in [-0.05, 0) is 70.7 Å². The first-order valence-electron chi connectivity index (χ1n) is 13.7. The fourth-order valence-electron chi connectivity index (χ4n) is 4.23. The number of phenolic OH excluding ortho intramolecular Hbond substituents is 1. The summed E-state index contributed by atoms with van der Waals surface area (Å²) >= 11 is 0. The van der Waals surface area contributed by atoms with Crippen molar-refractivity contribution in [2.24, 2.45) is 0 Å². The Balaban J connectivity index is 1.90. The average molecular weight is 555 g/mol. The SMILES string of the molecule is C/C=C\C(=C/c1ncc(-c2cc(O)c(C(=O)NC3CC3)c(OC)c2)[nH]1)C(CO)N(CCC)C(=O)COC(C)(C)C. The van der Waals surface area contributed by atoms with Crippen LogP contribution in [0.2, 0.25) is 0 Å². The average Bonchev–Trinajstić information content (AvgIpc) is 3.59. The lowest BCUT2D eigenvalue weighted by molar-refractivity contribution is -0.143. The molecular formula is C30H42N4O6. The second-order valence-electron chi connectivity index (χ2n) is 10.8. The first kappa shape index (κ1) is 30.9. The lowest BCUT2D eigenvalue weighted by Gasteiger charge is -2.32. The molecule has 4 N–H and O–H groups in total. The molecule has 1 heterocycles. The summed E-state index contributed by atoms with van der Waals surface area (Å²) in [7, 11) is 1.45. The highest BCUT2D eigenvalue weighted by molar-refractivity contribution is 6.00. The molecule has 0 bridgehead atoms. The number of rotatable bonds is 13. The molecule has 1 aliphatic rings. The van der Waals surface area contributed by atoms with E-state index in [4.69, 9.17) is 9.47 Å². The van der Waals surface area contributed by atoms with Crippen molar-refractivity contribution >= 4 is 17.9 Å². The first-order valence-corrected chi connectivity index (χ1v) is 13.7. The van der Waals surface area contributed by atoms with Crippen LogP contribution in [0.25, 0.3) is 17.3 Å². The molecule has 1 atom stereocenters. The van der Waals surface area contributed by atoms with Gasteiger partial charge in [-0.1, -0.05) is 19.1 Å². The number of carbonyl (C=O) groups is 2. The molecule has 0 aliphatic heterocycles. The number of amides is 2. The molecule has 2 aromatic rings. The minimum Gasteiger partial charge on any atom is -0.507 e. The Hall–Kier alpha value is -3.63. The number of imidazole rings is 1. The van der Waals surface area contributed by atoms with Crippen LogP contribution in [-0.4, -0.2) is 81.4 Å². The molecule has 0 radical (unpaired) electrons. The van der Waals surface area contributed by atoms with E-state index in [2.05, 4.69) is 15.3 Å². The van der Waals surface area contributed by atoms with Gasteiger partial charge in [0.2, 0.25) is 5.91 Å². The fourth-order valence-corrected chi connectivity index (χ4v) is 4.23. The number of carbonyl (C=O) groups excluding carboxylic acids is 2. The zero-order valence-electron chi connectivity index (χ0n) is 24.3. The van der Waals surface area contributed by atoms with Crippen molar-refractivity contribution in [3.8, 4) is 22.8 Å². The molecule has 40 heavy (non-hydrogen) atoms. The lowest BCUT2D eigenvalue weighted by atomic mass is 10.0. The maximum Gasteiger partial charge on any atom is 0.259 e. The van der Waals surface area contributed by atoms with E-state index >= 15 is 0 Å². The van der Waals surface area contributed by atoms with E-state index in [1.807, 2.05) is 46.8 Å². The number of phenols is 1. The molecule has 1 fully saturated rings. The van der Waals surface area contributed by atoms with Crippen LogP contribution < -0.4 is 10.1 Å². The van der Waals surface area contributed by atoms with Crippen molar-refractivity contribution in [2.45, 2.75) is 71.6 Å². The van der Waals surface area contributed by atoms with E-state index < -0.39 is 11.6 Å². The normalized spacial score (nSPS) is 14.8. The van der Waals surface area contributed by atoms with Crippen molar-refractivity contribution in [2.75, 3.05) is 26.9 Å². The summed E-state index contributed by atoms with van der Waals surface area (Å²) in [5.41, 5.74) is 1.49. The minimum atomic E-state index is -0.603. The number of nitrogens with zero attached hydrogens (tertiary/aromatic N) is 2. The van der Waals surface area contributed by atoms with Gasteiger partial charge in [0, 0.05) is 18.2 Å². The van der Waals surface area contributed by atoms with Crippen molar-refractivity contribution in [3.63, 3.8) is 0 Å². The summed E-state index contributed by atoms with van der Waals surface area (Å²) in [5.74, 6) is -0.0341. The number of methoxy groups -OCH3 is 1. The molecule has 1 unspecified atom stereocenters. The second kappa shape index (κ2) is 13.6. The molecular weight excluding hydrogens is 512 g/mol. The molecule has 10 heteroatoms. The maximum absolute atomic E-state index is 13.1. The second-order valence-corrected chi connectivity index (χ2v) is 10.8. The highest BCUT2D eigenvalue weighted by Crippen LogP contribution is 2.35. The van der Waals surface area contributed by atoms with E-state index in [0.717, 1.165) is 12.8 Å². The van der Waals surface area contributed by atoms with Crippen molar-refractivity contribution < 1.29 is 29.3 Å². The Bertz CT molecular complexity index is 1240. The Morgan fingerprint density at radius 2 is 2.02 bits per heavy atom. The summed E-state index contributed by atoms with van der Waals surface area (Å²) in [5, 5.41) is 23.9. The summed E-state index contributed by atoms with van der Waals surface area (Å²) in [4.78, 5) is 35.0. The van der Waals surface area contributed by atoms with Gasteiger partial charge >= 0.3 is 0 Å². The third-order valence-electron chi connectivity index (χ3n) is 6.36. The number of benzene rings is 1. The number of aliphatic hydroxyl groups is 1. The number of aromatic hydroxyl groups is 1. The van der Waals surface area contributed by atoms with Gasteiger partial charge in [-0.25, -0.2) is 4.98 Å². The van der Waals surface area contributed by atoms with Crippen LogP contribution in [0.3, 0.4) is 0 Å². The van der Waals surface area contributed by atoms with Gasteiger partial charge in [-0.3, -0.25) is 9.59 Å². The number of nitrogens with one attached hydrogen (secondary N) is 2. The smallest absolute Gasteiger partial charge is 0.259 e. The number of hydrogen-bond acceptors (Lipinski definition) is 7. The number of aromatic nitrogens is 2. The monoisotopic (exact) mass is 554 g/mol. The summed E-state index contributed by atoms with van der Waals surface area (Å²) in [6.07, 6.45) is 9.64. The summed E-state index contributed by atoms with van der Waals surface area (Å²) in [6.45, 7) is 9.59. The van der Waals surface area contributed by atoms with E-state index in [1.54, 1.807) is 23.2 Å². The number of hydrogen-bond donors (Lipinski definition) is 4. The molecule has 3 rings (SSSR count). The van der Waals surface area contributed by atoms with Crippen LogP contribution in [0.5, 0.6) is 11.5 Å². The quantitative estimate of drug-likeness (QED) is 0.274. The zero-order chi connectivity index (χ0) is 29.4. The lowest BCUT2D eigenvalue weighted by Crippen LogP contribution is -2.46. The molecule has 0 spiro atoms.